The molecule has 27 heavy (non-hydrogen) atoms. The van der Waals surface area contributed by atoms with E-state index in [2.05, 4.69) is 81.2 Å². The number of aromatic nitrogens is 2. The molecule has 0 aliphatic rings. The summed E-state index contributed by atoms with van der Waals surface area (Å²) in [6.45, 7) is 0.919. The Morgan fingerprint density at radius 1 is 0.963 bits per heavy atom. The van der Waals surface area contributed by atoms with Crippen molar-refractivity contribution >= 4 is 54.6 Å². The molecule has 0 saturated heterocycles. The Kier molecular flexibility index (Phi) is 3.94. The standard InChI is InChI=1S/C23H18BrN3/c24-12-5-13-27-20-11-2-1-10-19(20)26-21(27)14-18-16-8-3-6-15-7-4-9-17(22(15)16)23(18)25/h1-4,6-11,14,25H,5,12-13H2/p+1/b18-14-,25-23?. The van der Waals surface area contributed by atoms with E-state index in [1.165, 1.54) is 16.2 Å². The summed E-state index contributed by atoms with van der Waals surface area (Å²) in [6, 6.07) is 21.0. The monoisotopic (exact) mass is 416 g/mol. The number of alkyl halides is 1. The first kappa shape index (κ1) is 16.5. The van der Waals surface area contributed by atoms with Gasteiger partial charge in [0.25, 0.3) is 0 Å². The molecule has 4 aromatic carbocycles. The highest BCUT2D eigenvalue weighted by atomic mass is 79.9. The number of para-hydroxylation sites is 2. The molecule has 1 heterocycles. The van der Waals surface area contributed by atoms with Crippen molar-refractivity contribution in [2.24, 2.45) is 0 Å². The smallest absolute Gasteiger partial charge is 0.212 e. The van der Waals surface area contributed by atoms with E-state index in [1.54, 1.807) is 0 Å². The number of imidazole rings is 1. The van der Waals surface area contributed by atoms with Crippen LogP contribution in [0.15, 0.2) is 60.7 Å². The van der Waals surface area contributed by atoms with Crippen LogP contribution in [0.25, 0.3) is 38.7 Å². The van der Waals surface area contributed by atoms with Crippen molar-refractivity contribution in [3.05, 3.63) is 77.1 Å². The van der Waals surface area contributed by atoms with Gasteiger partial charge in [0.2, 0.25) is 5.36 Å². The van der Waals surface area contributed by atoms with Crippen LogP contribution in [0, 0.1) is 0 Å². The van der Waals surface area contributed by atoms with E-state index in [4.69, 9.17) is 10.4 Å². The number of halogens is 1. The minimum Gasteiger partial charge on any atom is -0.324 e. The Morgan fingerprint density at radius 3 is 2.56 bits per heavy atom. The molecule has 0 aliphatic carbocycles. The molecule has 2 N–H and O–H groups in total. The van der Waals surface area contributed by atoms with Crippen LogP contribution in [0.5, 0.6) is 0 Å². The fourth-order valence-electron chi connectivity index (χ4n) is 4.02. The molecule has 0 radical (unpaired) electrons. The molecule has 0 atom stereocenters. The highest BCUT2D eigenvalue weighted by Gasteiger charge is 2.14. The van der Waals surface area contributed by atoms with Gasteiger partial charge in [-0.1, -0.05) is 58.4 Å². The van der Waals surface area contributed by atoms with Crippen LogP contribution in [-0.4, -0.2) is 14.9 Å². The lowest BCUT2D eigenvalue weighted by Crippen LogP contribution is -2.52. The number of nitrogens with two attached hydrogens (primary N) is 1. The third-order valence-corrected chi connectivity index (χ3v) is 5.81. The van der Waals surface area contributed by atoms with Crippen LogP contribution >= 0.6 is 15.9 Å². The van der Waals surface area contributed by atoms with Gasteiger partial charge < -0.3 is 4.57 Å². The molecule has 5 aromatic rings. The van der Waals surface area contributed by atoms with Gasteiger partial charge in [-0.25, -0.2) is 4.98 Å². The highest BCUT2D eigenvalue weighted by molar-refractivity contribution is 9.09. The van der Waals surface area contributed by atoms with E-state index in [0.29, 0.717) is 0 Å². The normalized spacial score (nSPS) is 12.7. The van der Waals surface area contributed by atoms with Crippen molar-refractivity contribution in [1.82, 2.24) is 9.55 Å². The van der Waals surface area contributed by atoms with Crippen molar-refractivity contribution in [3.63, 3.8) is 0 Å². The number of hydrogen-bond donors (Lipinski definition) is 1. The Balaban J connectivity index is 1.85. The third-order valence-electron chi connectivity index (χ3n) is 5.25. The average Bonchev–Trinajstić information content (AvgIpc) is 3.18. The van der Waals surface area contributed by atoms with Crippen LogP contribution in [0.1, 0.15) is 12.2 Å². The van der Waals surface area contributed by atoms with Gasteiger partial charge in [0, 0.05) is 17.3 Å². The molecule has 0 spiro atoms. The summed E-state index contributed by atoms with van der Waals surface area (Å²) in [4.78, 5) is 4.89. The van der Waals surface area contributed by atoms with E-state index in [9.17, 15) is 0 Å². The maximum atomic E-state index is 6.58. The van der Waals surface area contributed by atoms with Crippen LogP contribution in [0.3, 0.4) is 0 Å². The van der Waals surface area contributed by atoms with Crippen molar-refractivity contribution in [2.75, 3.05) is 5.33 Å². The predicted octanol–water partition coefficient (Wildman–Crippen LogP) is 2.77. The molecule has 0 amide bonds. The quantitative estimate of drug-likeness (QED) is 0.449. The lowest BCUT2D eigenvalue weighted by molar-refractivity contribution is -0.171. The van der Waals surface area contributed by atoms with Gasteiger partial charge in [0.05, 0.1) is 21.6 Å². The predicted molar refractivity (Wildman–Crippen MR) is 115 cm³/mol. The van der Waals surface area contributed by atoms with Crippen LogP contribution in [0.4, 0.5) is 0 Å². The molecule has 0 bridgehead atoms. The summed E-state index contributed by atoms with van der Waals surface area (Å²) in [5, 5.41) is 14.2. The summed E-state index contributed by atoms with van der Waals surface area (Å²) in [5.41, 5.74) is 2.18. The zero-order chi connectivity index (χ0) is 18.4. The fourth-order valence-corrected chi connectivity index (χ4v) is 4.27. The van der Waals surface area contributed by atoms with E-state index in [1.807, 2.05) is 6.07 Å². The van der Waals surface area contributed by atoms with Gasteiger partial charge in [-0.2, -0.15) is 0 Å². The Bertz CT molecular complexity index is 1380. The van der Waals surface area contributed by atoms with Crippen molar-refractivity contribution in [3.8, 4) is 0 Å². The Labute approximate surface area is 164 Å². The molecule has 0 aliphatic heterocycles. The topological polar surface area (TPSA) is 43.4 Å². The molecule has 0 fully saturated rings. The number of hydrogen-bond acceptors (Lipinski definition) is 1. The first-order valence-electron chi connectivity index (χ1n) is 9.16. The molecule has 4 heteroatoms. The Morgan fingerprint density at radius 2 is 1.74 bits per heavy atom. The number of fused-ring (bicyclic) bond motifs is 1. The zero-order valence-corrected chi connectivity index (χ0v) is 16.4. The van der Waals surface area contributed by atoms with Crippen LogP contribution in [0.2, 0.25) is 0 Å². The fraction of sp³-hybridized carbons (Fsp3) is 0.130. The second kappa shape index (κ2) is 6.46. The summed E-state index contributed by atoms with van der Waals surface area (Å²) in [6.07, 6.45) is 3.20. The van der Waals surface area contributed by atoms with Gasteiger partial charge in [-0.05, 0) is 41.5 Å². The van der Waals surface area contributed by atoms with Gasteiger partial charge in [-0.15, -0.1) is 0 Å². The molecular weight excluding hydrogens is 398 g/mol. The van der Waals surface area contributed by atoms with E-state index < -0.39 is 0 Å². The second-order valence-corrected chi connectivity index (χ2v) is 7.63. The van der Waals surface area contributed by atoms with Gasteiger partial charge in [-0.3, -0.25) is 5.41 Å². The first-order valence-corrected chi connectivity index (χ1v) is 10.3. The molecule has 0 saturated carbocycles. The minimum absolute atomic E-state index is 0.834. The molecular formula is C23H19BrN3+. The summed E-state index contributed by atoms with van der Waals surface area (Å²) in [7, 11) is 0. The summed E-state index contributed by atoms with van der Waals surface area (Å²) >= 11 is 3.55. The van der Waals surface area contributed by atoms with Crippen molar-refractivity contribution in [1.29, 1.82) is 0 Å². The van der Waals surface area contributed by atoms with Gasteiger partial charge in [0.1, 0.15) is 5.82 Å². The molecule has 132 valence electrons. The second-order valence-electron chi connectivity index (χ2n) is 6.83. The van der Waals surface area contributed by atoms with Crippen LogP contribution in [-0.2, 0) is 6.54 Å². The average molecular weight is 417 g/mol. The number of rotatable bonds is 4. The lowest BCUT2D eigenvalue weighted by atomic mass is 10.1. The van der Waals surface area contributed by atoms with Gasteiger partial charge >= 0.3 is 0 Å². The minimum atomic E-state index is 0.834. The Hall–Kier alpha value is -2.72. The van der Waals surface area contributed by atoms with Crippen LogP contribution < -0.4 is 16.0 Å². The zero-order valence-electron chi connectivity index (χ0n) is 14.8. The molecule has 0 unspecified atom stereocenters. The maximum Gasteiger partial charge on any atom is 0.212 e. The number of benzene rings is 3. The highest BCUT2D eigenvalue weighted by Crippen LogP contribution is 2.23. The largest absolute Gasteiger partial charge is 0.324 e. The van der Waals surface area contributed by atoms with E-state index in [-0.39, 0.29) is 0 Å². The van der Waals surface area contributed by atoms with E-state index in [0.717, 1.165) is 51.1 Å². The number of aryl methyl sites for hydroxylation is 1. The lowest BCUT2D eigenvalue weighted by Gasteiger charge is -2.05. The van der Waals surface area contributed by atoms with E-state index >= 15 is 0 Å². The first-order chi connectivity index (χ1) is 13.3. The van der Waals surface area contributed by atoms with Crippen molar-refractivity contribution < 1.29 is 5.41 Å². The number of nitrogens with zero attached hydrogens (tertiary/aromatic N) is 2. The molecule has 3 nitrogen and oxygen atoms in total. The SMILES string of the molecule is [NH2+]=c1/c(=C\c2nc3ccccc3n2CCCBr)c2cccc3cccc1c32. The third kappa shape index (κ3) is 2.55. The molecule has 5 rings (SSSR count). The molecule has 1 aromatic heterocycles. The van der Waals surface area contributed by atoms with Crippen molar-refractivity contribution in [2.45, 2.75) is 13.0 Å². The maximum absolute atomic E-state index is 6.58. The van der Waals surface area contributed by atoms with Gasteiger partial charge in [0.15, 0.2) is 0 Å². The summed E-state index contributed by atoms with van der Waals surface area (Å²) < 4.78 is 2.29. The summed E-state index contributed by atoms with van der Waals surface area (Å²) in [5.74, 6) is 0.958.